The van der Waals surface area contributed by atoms with Crippen molar-refractivity contribution in [1.29, 1.82) is 0 Å². The van der Waals surface area contributed by atoms with E-state index in [1.807, 2.05) is 6.92 Å². The molecule has 0 aliphatic rings. The zero-order valence-corrected chi connectivity index (χ0v) is 9.71. The van der Waals surface area contributed by atoms with Gasteiger partial charge in [0.05, 0.1) is 17.4 Å². The van der Waals surface area contributed by atoms with Crippen LogP contribution in [0.1, 0.15) is 16.1 Å². The summed E-state index contributed by atoms with van der Waals surface area (Å²) >= 11 is 0. The van der Waals surface area contributed by atoms with Gasteiger partial charge in [0.25, 0.3) is 5.91 Å². The molecule has 0 bridgehead atoms. The van der Waals surface area contributed by atoms with Gasteiger partial charge in [-0.15, -0.1) is 0 Å². The van der Waals surface area contributed by atoms with Crippen molar-refractivity contribution < 1.29 is 15.0 Å². The van der Waals surface area contributed by atoms with Crippen LogP contribution in [0.4, 0.5) is 5.69 Å². The van der Waals surface area contributed by atoms with Gasteiger partial charge in [0.2, 0.25) is 0 Å². The average molecular weight is 244 g/mol. The molecule has 3 N–H and O–H groups in total. The Labute approximate surface area is 104 Å². The third-order valence-electron chi connectivity index (χ3n) is 2.39. The van der Waals surface area contributed by atoms with Crippen LogP contribution in [-0.4, -0.2) is 21.1 Å². The lowest BCUT2D eigenvalue weighted by molar-refractivity contribution is 0.102. The monoisotopic (exact) mass is 244 g/mol. The van der Waals surface area contributed by atoms with Gasteiger partial charge in [-0.1, -0.05) is 0 Å². The maximum Gasteiger partial charge on any atom is 0.259 e. The van der Waals surface area contributed by atoms with Crippen molar-refractivity contribution in [3.8, 4) is 11.5 Å². The number of carbonyl (C=O) groups is 1. The number of nitrogens with one attached hydrogen (secondary N) is 1. The number of rotatable bonds is 2. The van der Waals surface area contributed by atoms with Crippen LogP contribution in [0.15, 0.2) is 36.5 Å². The Morgan fingerprint density at radius 2 is 2.00 bits per heavy atom. The minimum absolute atomic E-state index is 0.00979. The van der Waals surface area contributed by atoms with Crippen molar-refractivity contribution in [1.82, 2.24) is 4.98 Å². The van der Waals surface area contributed by atoms with Crippen LogP contribution in [0.3, 0.4) is 0 Å². The number of amides is 1. The largest absolute Gasteiger partial charge is 0.508 e. The molecule has 0 saturated carbocycles. The number of phenols is 2. The molecule has 5 nitrogen and oxygen atoms in total. The predicted molar refractivity (Wildman–Crippen MR) is 66.7 cm³/mol. The topological polar surface area (TPSA) is 82.5 Å². The lowest BCUT2D eigenvalue weighted by Gasteiger charge is -2.07. The SMILES string of the molecule is Cc1ccc(NC(=O)c2cc(O)ccc2O)cn1. The van der Waals surface area contributed by atoms with E-state index in [1.54, 1.807) is 12.1 Å². The standard InChI is InChI=1S/C13H12N2O3/c1-8-2-3-9(7-14-8)15-13(18)11-6-10(16)4-5-12(11)17/h2-7,16-17H,1H3,(H,15,18). The van der Waals surface area contributed by atoms with Gasteiger partial charge in [-0.25, -0.2) is 0 Å². The second kappa shape index (κ2) is 4.75. The Morgan fingerprint density at radius 1 is 1.22 bits per heavy atom. The highest BCUT2D eigenvalue weighted by atomic mass is 16.3. The third kappa shape index (κ3) is 2.57. The lowest BCUT2D eigenvalue weighted by Crippen LogP contribution is -2.12. The summed E-state index contributed by atoms with van der Waals surface area (Å²) < 4.78 is 0. The van der Waals surface area contributed by atoms with Gasteiger partial charge in [-0.05, 0) is 37.3 Å². The lowest BCUT2D eigenvalue weighted by atomic mass is 10.1. The average Bonchev–Trinajstić information content (AvgIpc) is 2.35. The molecular formula is C13H12N2O3. The zero-order chi connectivity index (χ0) is 13.1. The van der Waals surface area contributed by atoms with E-state index in [4.69, 9.17) is 0 Å². The van der Waals surface area contributed by atoms with E-state index in [9.17, 15) is 15.0 Å². The smallest absolute Gasteiger partial charge is 0.259 e. The normalized spacial score (nSPS) is 10.1. The van der Waals surface area contributed by atoms with E-state index in [0.717, 1.165) is 5.69 Å². The van der Waals surface area contributed by atoms with Gasteiger partial charge in [0, 0.05) is 5.69 Å². The molecule has 0 unspecified atom stereocenters. The fraction of sp³-hybridized carbons (Fsp3) is 0.0769. The number of hydrogen-bond acceptors (Lipinski definition) is 4. The molecule has 0 aliphatic carbocycles. The van der Waals surface area contributed by atoms with Crippen molar-refractivity contribution in [3.05, 3.63) is 47.8 Å². The second-order valence-electron chi connectivity index (χ2n) is 3.84. The molecule has 1 aromatic carbocycles. The van der Waals surface area contributed by atoms with Gasteiger partial charge >= 0.3 is 0 Å². The van der Waals surface area contributed by atoms with Crippen molar-refractivity contribution in [2.75, 3.05) is 5.32 Å². The molecule has 0 fully saturated rings. The highest BCUT2D eigenvalue weighted by Crippen LogP contribution is 2.23. The molecule has 0 aliphatic heterocycles. The molecule has 0 atom stereocenters. The Balaban J connectivity index is 2.21. The minimum Gasteiger partial charge on any atom is -0.508 e. The maximum absolute atomic E-state index is 11.9. The number of hydrogen-bond donors (Lipinski definition) is 3. The Kier molecular flexibility index (Phi) is 3.14. The number of carbonyl (C=O) groups excluding carboxylic acids is 1. The molecule has 1 aromatic heterocycles. The summed E-state index contributed by atoms with van der Waals surface area (Å²) in [5.41, 5.74) is 1.37. The second-order valence-corrected chi connectivity index (χ2v) is 3.84. The first-order valence-corrected chi connectivity index (χ1v) is 5.32. The maximum atomic E-state index is 11.9. The molecule has 18 heavy (non-hydrogen) atoms. The van der Waals surface area contributed by atoms with Gasteiger partial charge in [0.15, 0.2) is 0 Å². The fourth-order valence-electron chi connectivity index (χ4n) is 1.45. The highest BCUT2D eigenvalue weighted by Gasteiger charge is 2.12. The van der Waals surface area contributed by atoms with E-state index < -0.39 is 5.91 Å². The van der Waals surface area contributed by atoms with Gasteiger partial charge in [0.1, 0.15) is 11.5 Å². The van der Waals surface area contributed by atoms with Crippen LogP contribution >= 0.6 is 0 Å². The summed E-state index contributed by atoms with van der Waals surface area (Å²) in [5, 5.41) is 21.4. The number of aromatic nitrogens is 1. The Hall–Kier alpha value is -2.56. The van der Waals surface area contributed by atoms with Gasteiger partial charge in [-0.2, -0.15) is 0 Å². The summed E-state index contributed by atoms with van der Waals surface area (Å²) in [4.78, 5) is 15.9. The number of pyridine rings is 1. The van der Waals surface area contributed by atoms with E-state index in [0.29, 0.717) is 5.69 Å². The van der Waals surface area contributed by atoms with Gasteiger partial charge < -0.3 is 15.5 Å². The number of phenolic OH excluding ortho intramolecular Hbond substituents is 2. The number of benzene rings is 1. The molecular weight excluding hydrogens is 232 g/mol. The van der Waals surface area contributed by atoms with Crippen LogP contribution < -0.4 is 5.32 Å². The number of aromatic hydroxyl groups is 2. The molecule has 1 amide bonds. The summed E-state index contributed by atoms with van der Waals surface area (Å²) in [6.45, 7) is 1.84. The Bertz CT molecular complexity index is 579. The molecule has 0 radical (unpaired) electrons. The first-order valence-electron chi connectivity index (χ1n) is 5.32. The van der Waals surface area contributed by atoms with Crippen molar-refractivity contribution in [3.63, 3.8) is 0 Å². The van der Waals surface area contributed by atoms with Gasteiger partial charge in [-0.3, -0.25) is 9.78 Å². The first kappa shape index (κ1) is 11.9. The molecule has 1 heterocycles. The quantitative estimate of drug-likeness (QED) is 0.706. The van der Waals surface area contributed by atoms with Crippen molar-refractivity contribution >= 4 is 11.6 Å². The van der Waals surface area contributed by atoms with E-state index in [-0.39, 0.29) is 17.1 Å². The highest BCUT2D eigenvalue weighted by molar-refractivity contribution is 6.06. The number of nitrogens with zero attached hydrogens (tertiary/aromatic N) is 1. The third-order valence-corrected chi connectivity index (χ3v) is 2.39. The minimum atomic E-state index is -0.506. The summed E-state index contributed by atoms with van der Waals surface area (Å²) in [6, 6.07) is 7.24. The van der Waals surface area contributed by atoms with Crippen molar-refractivity contribution in [2.24, 2.45) is 0 Å². The van der Waals surface area contributed by atoms with E-state index in [1.165, 1.54) is 24.4 Å². The van der Waals surface area contributed by atoms with E-state index >= 15 is 0 Å². The van der Waals surface area contributed by atoms with Crippen LogP contribution in [0.2, 0.25) is 0 Å². The summed E-state index contributed by atoms with van der Waals surface area (Å²) in [6.07, 6.45) is 1.52. The van der Waals surface area contributed by atoms with Crippen LogP contribution in [0.25, 0.3) is 0 Å². The predicted octanol–water partition coefficient (Wildman–Crippen LogP) is 2.05. The van der Waals surface area contributed by atoms with Crippen molar-refractivity contribution in [2.45, 2.75) is 6.92 Å². The molecule has 0 saturated heterocycles. The molecule has 0 spiro atoms. The van der Waals surface area contributed by atoms with Crippen LogP contribution in [-0.2, 0) is 0 Å². The number of anilines is 1. The molecule has 5 heteroatoms. The fourth-order valence-corrected chi connectivity index (χ4v) is 1.45. The molecule has 2 aromatic rings. The van der Waals surface area contributed by atoms with E-state index in [2.05, 4.69) is 10.3 Å². The van der Waals surface area contributed by atoms with Crippen LogP contribution in [0, 0.1) is 6.92 Å². The summed E-state index contributed by atoms with van der Waals surface area (Å²) in [7, 11) is 0. The Morgan fingerprint density at radius 3 is 2.67 bits per heavy atom. The van der Waals surface area contributed by atoms with Crippen LogP contribution in [0.5, 0.6) is 11.5 Å². The first-order chi connectivity index (χ1) is 8.56. The summed E-state index contributed by atoms with van der Waals surface area (Å²) in [5.74, 6) is -0.778. The molecule has 2 rings (SSSR count). The zero-order valence-electron chi connectivity index (χ0n) is 9.71. The molecule has 92 valence electrons. The number of aryl methyl sites for hydroxylation is 1.